The van der Waals surface area contributed by atoms with E-state index >= 15 is 0 Å². The number of rotatable bonds is 3. The standard InChI is InChI=1S/C8H15BrN2O/c1-3-7(9)8(12)10-6-4-11(2)5-6/h6-7H,3-5H2,1-2H3,(H,10,12). The highest BCUT2D eigenvalue weighted by atomic mass is 79.9. The zero-order chi connectivity index (χ0) is 9.14. The summed E-state index contributed by atoms with van der Waals surface area (Å²) in [6, 6.07) is 0.370. The van der Waals surface area contributed by atoms with Gasteiger partial charge < -0.3 is 10.2 Å². The topological polar surface area (TPSA) is 32.3 Å². The first kappa shape index (κ1) is 9.99. The molecule has 0 saturated carbocycles. The van der Waals surface area contributed by atoms with Crippen molar-refractivity contribution in [2.24, 2.45) is 0 Å². The number of likely N-dealkylation sites (tertiary alicyclic amines) is 1. The number of carbonyl (C=O) groups excluding carboxylic acids is 1. The second-order valence-electron chi connectivity index (χ2n) is 3.30. The summed E-state index contributed by atoms with van der Waals surface area (Å²) < 4.78 is 0. The first-order valence-electron chi connectivity index (χ1n) is 4.26. The minimum atomic E-state index is -0.0246. The van der Waals surface area contributed by atoms with Gasteiger partial charge in [0, 0.05) is 13.1 Å². The van der Waals surface area contributed by atoms with Gasteiger partial charge in [-0.2, -0.15) is 0 Å². The third kappa shape index (κ3) is 2.45. The molecule has 0 radical (unpaired) electrons. The van der Waals surface area contributed by atoms with Crippen molar-refractivity contribution < 1.29 is 4.79 Å². The van der Waals surface area contributed by atoms with Gasteiger partial charge >= 0.3 is 0 Å². The molecule has 3 nitrogen and oxygen atoms in total. The molecule has 1 unspecified atom stereocenters. The van der Waals surface area contributed by atoms with Crippen molar-refractivity contribution in [1.82, 2.24) is 10.2 Å². The Morgan fingerprint density at radius 1 is 1.75 bits per heavy atom. The largest absolute Gasteiger partial charge is 0.350 e. The fraction of sp³-hybridized carbons (Fsp3) is 0.875. The molecule has 1 saturated heterocycles. The quantitative estimate of drug-likeness (QED) is 0.726. The fourth-order valence-electron chi connectivity index (χ4n) is 1.27. The Morgan fingerprint density at radius 2 is 2.33 bits per heavy atom. The summed E-state index contributed by atoms with van der Waals surface area (Å²) in [6.45, 7) is 3.95. The Kier molecular flexibility index (Phi) is 3.53. The summed E-state index contributed by atoms with van der Waals surface area (Å²) in [5.74, 6) is 0.121. The maximum atomic E-state index is 11.3. The second-order valence-corrected chi connectivity index (χ2v) is 4.41. The van der Waals surface area contributed by atoms with Gasteiger partial charge in [0.1, 0.15) is 0 Å². The average Bonchev–Trinajstić information content (AvgIpc) is 2.00. The minimum absolute atomic E-state index is 0.0246. The van der Waals surface area contributed by atoms with Gasteiger partial charge in [-0.1, -0.05) is 22.9 Å². The molecule has 1 fully saturated rings. The van der Waals surface area contributed by atoms with E-state index in [0.29, 0.717) is 6.04 Å². The van der Waals surface area contributed by atoms with E-state index < -0.39 is 0 Å². The van der Waals surface area contributed by atoms with Crippen LogP contribution in [0.1, 0.15) is 13.3 Å². The van der Waals surface area contributed by atoms with Crippen molar-refractivity contribution in [3.05, 3.63) is 0 Å². The van der Waals surface area contributed by atoms with Gasteiger partial charge in [-0.3, -0.25) is 4.79 Å². The summed E-state index contributed by atoms with van der Waals surface area (Å²) in [4.78, 5) is 13.5. The predicted molar refractivity (Wildman–Crippen MR) is 52.4 cm³/mol. The summed E-state index contributed by atoms with van der Waals surface area (Å²) in [5.41, 5.74) is 0. The van der Waals surface area contributed by atoms with E-state index in [4.69, 9.17) is 0 Å². The molecule has 1 aliphatic heterocycles. The number of hydrogen-bond donors (Lipinski definition) is 1. The van der Waals surface area contributed by atoms with E-state index in [1.54, 1.807) is 0 Å². The lowest BCUT2D eigenvalue weighted by molar-refractivity contribution is -0.122. The monoisotopic (exact) mass is 234 g/mol. The summed E-state index contributed by atoms with van der Waals surface area (Å²) in [7, 11) is 2.05. The number of hydrogen-bond acceptors (Lipinski definition) is 2. The molecule has 0 bridgehead atoms. The smallest absolute Gasteiger partial charge is 0.234 e. The third-order valence-corrected chi connectivity index (χ3v) is 3.12. The SMILES string of the molecule is CCC(Br)C(=O)NC1CN(C)C1. The van der Waals surface area contributed by atoms with Crippen molar-refractivity contribution in [3.8, 4) is 0 Å². The Bertz CT molecular complexity index is 168. The molecule has 0 aliphatic carbocycles. The van der Waals surface area contributed by atoms with Gasteiger partial charge in [-0.25, -0.2) is 0 Å². The van der Waals surface area contributed by atoms with Crippen molar-refractivity contribution >= 4 is 21.8 Å². The zero-order valence-electron chi connectivity index (χ0n) is 7.51. The van der Waals surface area contributed by atoms with E-state index in [1.165, 1.54) is 0 Å². The van der Waals surface area contributed by atoms with Gasteiger partial charge in [0.05, 0.1) is 10.9 Å². The van der Waals surface area contributed by atoms with E-state index in [9.17, 15) is 4.79 Å². The Labute approximate surface area is 81.6 Å². The van der Waals surface area contributed by atoms with Crippen LogP contribution in [0.5, 0.6) is 0 Å². The van der Waals surface area contributed by atoms with Crippen LogP contribution in [-0.2, 0) is 4.79 Å². The highest BCUT2D eigenvalue weighted by Crippen LogP contribution is 2.08. The van der Waals surface area contributed by atoms with E-state index in [1.807, 2.05) is 14.0 Å². The highest BCUT2D eigenvalue weighted by Gasteiger charge is 2.26. The molecule has 1 N–H and O–H groups in total. The first-order valence-corrected chi connectivity index (χ1v) is 5.18. The normalized spacial score (nSPS) is 21.6. The molecular formula is C8H15BrN2O. The van der Waals surface area contributed by atoms with Crippen molar-refractivity contribution in [2.75, 3.05) is 20.1 Å². The van der Waals surface area contributed by atoms with Crippen LogP contribution in [0.3, 0.4) is 0 Å². The lowest BCUT2D eigenvalue weighted by Gasteiger charge is -2.36. The number of carbonyl (C=O) groups is 1. The Balaban J connectivity index is 2.18. The maximum Gasteiger partial charge on any atom is 0.234 e. The van der Waals surface area contributed by atoms with Gasteiger partial charge in [-0.15, -0.1) is 0 Å². The molecule has 1 atom stereocenters. The number of halogens is 1. The molecule has 0 aromatic rings. The van der Waals surface area contributed by atoms with Crippen molar-refractivity contribution in [3.63, 3.8) is 0 Å². The lowest BCUT2D eigenvalue weighted by atomic mass is 10.1. The van der Waals surface area contributed by atoms with Crippen LogP contribution in [0.4, 0.5) is 0 Å². The van der Waals surface area contributed by atoms with Crippen LogP contribution in [-0.4, -0.2) is 41.8 Å². The predicted octanol–water partition coefficient (Wildman–Crippen LogP) is 0.590. The molecule has 0 spiro atoms. The summed E-state index contributed by atoms with van der Waals surface area (Å²) in [5, 5.41) is 2.97. The zero-order valence-corrected chi connectivity index (χ0v) is 9.10. The second kappa shape index (κ2) is 4.23. The highest BCUT2D eigenvalue weighted by molar-refractivity contribution is 9.10. The van der Waals surface area contributed by atoms with E-state index in [-0.39, 0.29) is 10.7 Å². The van der Waals surface area contributed by atoms with Crippen LogP contribution in [0.15, 0.2) is 0 Å². The number of nitrogens with one attached hydrogen (secondary N) is 1. The molecule has 0 aromatic carbocycles. The van der Waals surface area contributed by atoms with Crippen LogP contribution in [0.25, 0.3) is 0 Å². The third-order valence-electron chi connectivity index (χ3n) is 2.05. The van der Waals surface area contributed by atoms with Gasteiger partial charge in [0.2, 0.25) is 5.91 Å². The van der Waals surface area contributed by atoms with Crippen molar-refractivity contribution in [1.29, 1.82) is 0 Å². The molecule has 0 aromatic heterocycles. The fourth-order valence-corrected chi connectivity index (χ4v) is 1.40. The molecule has 1 aliphatic rings. The number of amides is 1. The molecule has 1 amide bonds. The first-order chi connectivity index (χ1) is 5.63. The summed E-state index contributed by atoms with van der Waals surface area (Å²) in [6.07, 6.45) is 0.842. The van der Waals surface area contributed by atoms with Crippen LogP contribution < -0.4 is 5.32 Å². The van der Waals surface area contributed by atoms with E-state index in [0.717, 1.165) is 19.5 Å². The number of likely N-dealkylation sites (N-methyl/N-ethyl adjacent to an activating group) is 1. The van der Waals surface area contributed by atoms with Gasteiger partial charge in [0.25, 0.3) is 0 Å². The van der Waals surface area contributed by atoms with Crippen LogP contribution in [0.2, 0.25) is 0 Å². The number of alkyl halides is 1. The lowest BCUT2D eigenvalue weighted by Crippen LogP contribution is -2.58. The Hall–Kier alpha value is -0.0900. The minimum Gasteiger partial charge on any atom is -0.350 e. The maximum absolute atomic E-state index is 11.3. The summed E-state index contributed by atoms with van der Waals surface area (Å²) >= 11 is 3.31. The van der Waals surface area contributed by atoms with Crippen molar-refractivity contribution in [2.45, 2.75) is 24.2 Å². The molecule has 12 heavy (non-hydrogen) atoms. The molecule has 4 heteroatoms. The van der Waals surface area contributed by atoms with Gasteiger partial charge in [0.15, 0.2) is 0 Å². The van der Waals surface area contributed by atoms with Crippen LogP contribution >= 0.6 is 15.9 Å². The molecule has 1 heterocycles. The Morgan fingerprint density at radius 3 is 2.75 bits per heavy atom. The average molecular weight is 235 g/mol. The molecule has 1 rings (SSSR count). The van der Waals surface area contributed by atoms with Crippen LogP contribution in [0, 0.1) is 0 Å². The van der Waals surface area contributed by atoms with E-state index in [2.05, 4.69) is 26.1 Å². The molecule has 70 valence electrons. The molecular weight excluding hydrogens is 220 g/mol. The van der Waals surface area contributed by atoms with Gasteiger partial charge in [-0.05, 0) is 13.5 Å². The number of nitrogens with zero attached hydrogens (tertiary/aromatic N) is 1.